The molecule has 0 aliphatic carbocycles. The van der Waals surface area contributed by atoms with Gasteiger partial charge in [-0.15, -0.1) is 0 Å². The van der Waals surface area contributed by atoms with Gasteiger partial charge in [0.05, 0.1) is 0 Å². The molecule has 0 unspecified atom stereocenters. The number of aryl methyl sites for hydroxylation is 6. The van der Waals surface area contributed by atoms with Gasteiger partial charge < -0.3 is 9.80 Å². The van der Waals surface area contributed by atoms with Crippen molar-refractivity contribution in [1.82, 2.24) is 0 Å². The van der Waals surface area contributed by atoms with Gasteiger partial charge in [-0.25, -0.2) is 0 Å². The van der Waals surface area contributed by atoms with Crippen LogP contribution in [0.4, 0.5) is 21.5 Å². The second kappa shape index (κ2) is 15.6. The zero-order valence-corrected chi connectivity index (χ0v) is 30.6. The molecule has 0 spiro atoms. The first-order chi connectivity index (χ1) is 21.4. The fourth-order valence-corrected chi connectivity index (χ4v) is 8.02. The predicted molar refractivity (Wildman–Crippen MR) is 189 cm³/mol. The molecule has 0 bridgehead atoms. The molecule has 0 saturated carbocycles. The van der Waals surface area contributed by atoms with Crippen molar-refractivity contribution in [1.29, 1.82) is 0 Å². The van der Waals surface area contributed by atoms with Crippen molar-refractivity contribution >= 4 is 41.1 Å². The van der Waals surface area contributed by atoms with Crippen LogP contribution in [-0.4, -0.2) is 31.9 Å². The Labute approximate surface area is 281 Å². The van der Waals surface area contributed by atoms with Crippen LogP contribution in [0, 0.1) is 54.0 Å². The van der Waals surface area contributed by atoms with E-state index in [0.29, 0.717) is 6.54 Å². The predicted octanol–water partition coefficient (Wildman–Crippen LogP) is 9.53. The fourth-order valence-electron chi connectivity index (χ4n) is 6.16. The molecule has 8 heteroatoms. The van der Waals surface area contributed by atoms with Gasteiger partial charge in [0.25, 0.3) is 0 Å². The Balaban J connectivity index is 0.000000205. The third-order valence-electron chi connectivity index (χ3n) is 7.92. The van der Waals surface area contributed by atoms with E-state index in [-0.39, 0.29) is 5.82 Å². The molecule has 4 nitrogen and oxygen atoms in total. The Morgan fingerprint density at radius 3 is 1.73 bits per heavy atom. The van der Waals surface area contributed by atoms with Gasteiger partial charge in [0, 0.05) is 24.5 Å². The van der Waals surface area contributed by atoms with E-state index in [0.717, 1.165) is 35.7 Å². The monoisotopic (exact) mass is 736 g/mol. The summed E-state index contributed by atoms with van der Waals surface area (Å²) < 4.78 is 20.3. The van der Waals surface area contributed by atoms with Crippen molar-refractivity contribution in [3.8, 4) is 5.75 Å². The van der Waals surface area contributed by atoms with Gasteiger partial charge in [0.15, 0.2) is 0 Å². The van der Waals surface area contributed by atoms with E-state index in [1.807, 2.05) is 31.3 Å². The second-order valence-corrected chi connectivity index (χ2v) is 17.4. The summed E-state index contributed by atoms with van der Waals surface area (Å²) >= 11 is -2.00. The summed E-state index contributed by atoms with van der Waals surface area (Å²) in [5, 5.41) is 0. The largest absolute Gasteiger partial charge is 0.502 e. The number of ether oxygens (including phenoxy) is 1. The van der Waals surface area contributed by atoms with Crippen molar-refractivity contribution in [2.45, 2.75) is 48.1 Å². The Morgan fingerprint density at radius 1 is 0.800 bits per heavy atom. The van der Waals surface area contributed by atoms with Gasteiger partial charge in [-0.1, -0.05) is 35.4 Å². The van der Waals surface area contributed by atoms with Crippen LogP contribution in [0.3, 0.4) is 0 Å². The average molecular weight is 737 g/mol. The molecule has 0 amide bonds. The van der Waals surface area contributed by atoms with Gasteiger partial charge in [-0.05, 0) is 63.8 Å². The molecular formula is C37H43Cl2FN3ORu-. The van der Waals surface area contributed by atoms with Crippen LogP contribution in [0.5, 0.6) is 5.75 Å². The zero-order valence-electron chi connectivity index (χ0n) is 27.4. The maximum atomic E-state index is 13.4. The second-order valence-electron chi connectivity index (χ2n) is 11.7. The molecule has 0 radical (unpaired) electrons. The summed E-state index contributed by atoms with van der Waals surface area (Å²) in [6.07, 6.45) is 0. The summed E-state index contributed by atoms with van der Waals surface area (Å²) in [6, 6.07) is 21.6. The average Bonchev–Trinajstić information content (AvgIpc) is 3.42. The molecule has 0 aromatic heterocycles. The molecular weight excluding hydrogens is 693 g/mol. The Hall–Kier alpha value is -2.92. The van der Waals surface area contributed by atoms with Crippen molar-refractivity contribution < 1.29 is 22.6 Å². The molecule has 1 aliphatic heterocycles. The van der Waals surface area contributed by atoms with E-state index in [4.69, 9.17) is 24.1 Å². The van der Waals surface area contributed by atoms with Gasteiger partial charge >= 0.3 is 143 Å². The zero-order chi connectivity index (χ0) is 32.8. The van der Waals surface area contributed by atoms with E-state index in [2.05, 4.69) is 87.2 Å². The summed E-state index contributed by atoms with van der Waals surface area (Å²) in [6.45, 7) is 18.2. The van der Waals surface area contributed by atoms with Crippen LogP contribution in [0.1, 0.15) is 44.5 Å². The van der Waals surface area contributed by atoms with Gasteiger partial charge in [-0.3, -0.25) is 0 Å². The first kappa shape index (κ1) is 34.9. The molecule has 0 N–H and O–H groups in total. The first-order valence-electron chi connectivity index (χ1n) is 14.9. The van der Waals surface area contributed by atoms with Gasteiger partial charge in [-0.2, -0.15) is 6.67 Å². The van der Waals surface area contributed by atoms with Crippen LogP contribution >= 0.6 is 19.4 Å². The number of hydrogen-bond acceptors (Lipinski definition) is 4. The molecule has 4 aromatic carbocycles. The SMILES string of the molecule is COc1ccc(N(C)Cc2ccc(F)cc2[CH]=[Ru]([Cl])[Cl])cc1.Cc1cc(C)c(N2[CH-]N(c3c(C)cc(C)cc3C)CC2)c(C)c1. The van der Waals surface area contributed by atoms with Gasteiger partial charge in [0.2, 0.25) is 0 Å². The molecule has 1 aliphatic rings. The summed E-state index contributed by atoms with van der Waals surface area (Å²) in [7, 11) is 15.5. The van der Waals surface area contributed by atoms with Crippen molar-refractivity contribution in [3.63, 3.8) is 0 Å². The molecule has 1 saturated heterocycles. The first-order valence-corrected chi connectivity index (χ1v) is 20.3. The van der Waals surface area contributed by atoms with Crippen molar-refractivity contribution in [2.75, 3.05) is 41.9 Å². The molecule has 5 rings (SSSR count). The number of methoxy groups -OCH3 is 1. The summed E-state index contributed by atoms with van der Waals surface area (Å²) in [4.78, 5) is 6.88. The molecule has 0 atom stereocenters. The maximum Gasteiger partial charge on any atom is 0.0146 e. The van der Waals surface area contributed by atoms with E-state index in [9.17, 15) is 4.39 Å². The van der Waals surface area contributed by atoms with Gasteiger partial charge in [0.1, 0.15) is 0 Å². The molecule has 4 aromatic rings. The minimum atomic E-state index is -2.00. The van der Waals surface area contributed by atoms with Crippen LogP contribution in [0.15, 0.2) is 66.7 Å². The van der Waals surface area contributed by atoms with Crippen LogP contribution in [0.25, 0.3) is 0 Å². The van der Waals surface area contributed by atoms with Crippen molar-refractivity contribution in [3.05, 3.63) is 124 Å². The maximum absolute atomic E-state index is 13.4. The molecule has 45 heavy (non-hydrogen) atoms. The Kier molecular flexibility index (Phi) is 12.1. The Bertz CT molecular complexity index is 1560. The van der Waals surface area contributed by atoms with E-state index < -0.39 is 13.5 Å². The number of nitrogens with zero attached hydrogens (tertiary/aromatic N) is 3. The summed E-state index contributed by atoms with van der Waals surface area (Å²) in [5.74, 6) is 0.525. The van der Waals surface area contributed by atoms with Crippen LogP contribution in [0.2, 0.25) is 0 Å². The van der Waals surface area contributed by atoms with E-state index in [1.165, 1.54) is 56.9 Å². The smallest absolute Gasteiger partial charge is 0.0146 e. The molecule has 242 valence electrons. The standard InChI is InChI=1S/C21H27N2.C16H16FNO.2ClH.Ru/c1-14-9-16(3)20(17(4)10-14)22-7-8-23(13-22)21-18(5)11-15(2)12-19(21)6;1-12-10-14(17)5-4-13(12)11-18(2)15-6-8-16(19-3)9-7-15;;;/h9-13H,7-8H2,1-6H3;1,4-10H,11H2,2-3H3;2*1H;/q-1;;;;+2/p-2. The van der Waals surface area contributed by atoms with E-state index >= 15 is 0 Å². The third kappa shape index (κ3) is 9.09. The van der Waals surface area contributed by atoms with Crippen LogP contribution < -0.4 is 19.4 Å². The normalized spacial score (nSPS) is 12.9. The number of halogens is 3. The number of rotatable bonds is 7. The van der Waals surface area contributed by atoms with Crippen LogP contribution in [-0.2, 0) is 20.1 Å². The minimum absolute atomic E-state index is 0.286. The summed E-state index contributed by atoms with van der Waals surface area (Å²) in [5.41, 5.74) is 13.6. The number of hydrogen-bond donors (Lipinski definition) is 0. The van der Waals surface area contributed by atoms with Crippen molar-refractivity contribution in [2.24, 2.45) is 0 Å². The Morgan fingerprint density at radius 2 is 1.29 bits per heavy atom. The number of anilines is 3. The third-order valence-corrected chi connectivity index (χ3v) is 9.75. The topological polar surface area (TPSA) is 19.0 Å². The minimum Gasteiger partial charge on any atom is -0.502 e. The number of benzene rings is 4. The van der Waals surface area contributed by atoms with E-state index in [1.54, 1.807) is 17.8 Å². The molecule has 1 fully saturated rings. The molecule has 1 heterocycles. The quantitative estimate of drug-likeness (QED) is 0.139. The fraction of sp³-hybridized carbons (Fsp3) is 0.297.